The maximum absolute atomic E-state index is 12.4. The monoisotopic (exact) mass is 271 g/mol. The highest BCUT2D eigenvalue weighted by molar-refractivity contribution is 5.46. The van der Waals surface area contributed by atoms with Crippen LogP contribution in [0.3, 0.4) is 0 Å². The number of alkyl halides is 2. The topological polar surface area (TPSA) is 84.9 Å². The molecule has 0 amide bonds. The van der Waals surface area contributed by atoms with E-state index in [1.807, 2.05) is 6.92 Å². The SMILES string of the molecule is CCn1c(-c2nnn(C(F)F)n2)nc2c1CN(O)C2. The van der Waals surface area contributed by atoms with Gasteiger partial charge in [-0.1, -0.05) is 4.80 Å². The number of tetrazole rings is 1. The number of imidazole rings is 1. The minimum atomic E-state index is -2.83. The van der Waals surface area contributed by atoms with Crippen molar-refractivity contribution in [3.8, 4) is 11.6 Å². The van der Waals surface area contributed by atoms with Gasteiger partial charge in [0.05, 0.1) is 24.5 Å². The molecule has 0 atom stereocenters. The Bertz CT molecular complexity index is 608. The third-order valence-corrected chi connectivity index (χ3v) is 2.94. The van der Waals surface area contributed by atoms with Crippen molar-refractivity contribution in [2.45, 2.75) is 33.1 Å². The molecule has 0 saturated heterocycles. The van der Waals surface area contributed by atoms with E-state index in [4.69, 9.17) is 0 Å². The first-order valence-electron chi connectivity index (χ1n) is 5.70. The lowest BCUT2D eigenvalue weighted by atomic mass is 10.4. The van der Waals surface area contributed by atoms with Gasteiger partial charge in [0.25, 0.3) is 0 Å². The summed E-state index contributed by atoms with van der Waals surface area (Å²) in [6.07, 6.45) is 0. The van der Waals surface area contributed by atoms with Gasteiger partial charge in [-0.2, -0.15) is 13.8 Å². The Balaban J connectivity index is 2.03. The Morgan fingerprint density at radius 1 is 1.37 bits per heavy atom. The summed E-state index contributed by atoms with van der Waals surface area (Å²) in [6.45, 7) is 0.293. The predicted molar refractivity (Wildman–Crippen MR) is 57.0 cm³/mol. The Morgan fingerprint density at radius 3 is 2.79 bits per heavy atom. The van der Waals surface area contributed by atoms with Crippen molar-refractivity contribution in [2.75, 3.05) is 0 Å². The van der Waals surface area contributed by atoms with Gasteiger partial charge in [0.15, 0.2) is 5.82 Å². The van der Waals surface area contributed by atoms with Gasteiger partial charge in [-0.3, -0.25) is 0 Å². The van der Waals surface area contributed by atoms with Crippen LogP contribution < -0.4 is 0 Å². The number of aromatic nitrogens is 6. The number of hydrogen-bond acceptors (Lipinski definition) is 6. The number of halogens is 2. The lowest BCUT2D eigenvalue weighted by Gasteiger charge is -2.08. The lowest BCUT2D eigenvalue weighted by Crippen LogP contribution is -2.13. The van der Waals surface area contributed by atoms with Crippen LogP contribution in [0.25, 0.3) is 11.6 Å². The summed E-state index contributed by atoms with van der Waals surface area (Å²) in [5.41, 5.74) is 1.54. The third-order valence-electron chi connectivity index (χ3n) is 2.94. The van der Waals surface area contributed by atoms with Gasteiger partial charge in [-0.25, -0.2) is 4.98 Å². The summed E-state index contributed by atoms with van der Waals surface area (Å²) in [5, 5.41) is 21.0. The van der Waals surface area contributed by atoms with Gasteiger partial charge < -0.3 is 9.77 Å². The standard InChI is InChI=1S/C9H11F2N7O/c1-2-17-6-4-16(19)3-5(6)12-8(17)7-13-15-18(14-7)9(10)11/h9,19H,2-4H2,1H3. The molecule has 0 bridgehead atoms. The molecule has 3 rings (SSSR count). The molecule has 0 aromatic carbocycles. The largest absolute Gasteiger partial charge is 0.350 e. The van der Waals surface area contributed by atoms with Gasteiger partial charge in [0.2, 0.25) is 5.82 Å². The highest BCUT2D eigenvalue weighted by atomic mass is 19.3. The Kier molecular flexibility index (Phi) is 2.75. The van der Waals surface area contributed by atoms with Crippen LogP contribution >= 0.6 is 0 Å². The predicted octanol–water partition coefficient (Wildman–Crippen LogP) is 0.656. The zero-order chi connectivity index (χ0) is 13.6. The number of fused-ring (bicyclic) bond motifs is 1. The second kappa shape index (κ2) is 4.31. The average Bonchev–Trinajstić information content (AvgIpc) is 3.00. The first-order valence-corrected chi connectivity index (χ1v) is 5.70. The van der Waals surface area contributed by atoms with Crippen molar-refractivity contribution in [3.63, 3.8) is 0 Å². The molecule has 2 aromatic rings. The molecule has 19 heavy (non-hydrogen) atoms. The van der Waals surface area contributed by atoms with E-state index in [1.54, 1.807) is 4.57 Å². The van der Waals surface area contributed by atoms with Crippen molar-refractivity contribution < 1.29 is 14.0 Å². The molecule has 0 spiro atoms. The van der Waals surface area contributed by atoms with E-state index in [1.165, 1.54) is 0 Å². The first kappa shape index (κ1) is 12.1. The van der Waals surface area contributed by atoms with Crippen LogP contribution in [0, 0.1) is 0 Å². The molecule has 8 nitrogen and oxygen atoms in total. The van der Waals surface area contributed by atoms with Gasteiger partial charge in [-0.05, 0) is 12.1 Å². The number of rotatable bonds is 3. The van der Waals surface area contributed by atoms with Crippen LogP contribution in [0.4, 0.5) is 8.78 Å². The zero-order valence-electron chi connectivity index (χ0n) is 10.0. The minimum absolute atomic E-state index is 0.0565. The Morgan fingerprint density at radius 2 is 2.16 bits per heavy atom. The molecular formula is C9H11F2N7O. The molecule has 0 unspecified atom stereocenters. The van der Waals surface area contributed by atoms with Crippen LogP contribution in [-0.4, -0.2) is 40.0 Å². The molecule has 1 aliphatic rings. The highest BCUT2D eigenvalue weighted by Gasteiger charge is 2.27. The van der Waals surface area contributed by atoms with Gasteiger partial charge >= 0.3 is 6.55 Å². The zero-order valence-corrected chi connectivity index (χ0v) is 10.0. The highest BCUT2D eigenvalue weighted by Crippen LogP contribution is 2.26. The van der Waals surface area contributed by atoms with Gasteiger partial charge in [0.1, 0.15) is 0 Å². The van der Waals surface area contributed by atoms with Crippen molar-refractivity contribution in [3.05, 3.63) is 11.4 Å². The maximum atomic E-state index is 12.4. The quantitative estimate of drug-likeness (QED) is 0.882. The minimum Gasteiger partial charge on any atom is -0.324 e. The lowest BCUT2D eigenvalue weighted by molar-refractivity contribution is -0.0985. The normalized spacial score (nSPS) is 15.4. The van der Waals surface area contributed by atoms with Crippen molar-refractivity contribution >= 4 is 0 Å². The maximum Gasteiger partial charge on any atom is 0.350 e. The molecule has 0 fully saturated rings. The number of hydroxylamine groups is 2. The summed E-state index contributed by atoms with van der Waals surface area (Å²) in [6, 6.07) is 0. The molecular weight excluding hydrogens is 260 g/mol. The van der Waals surface area contributed by atoms with E-state index in [2.05, 4.69) is 20.4 Å². The van der Waals surface area contributed by atoms with Crippen molar-refractivity contribution in [1.82, 2.24) is 34.8 Å². The summed E-state index contributed by atoms with van der Waals surface area (Å²) in [7, 11) is 0. The summed E-state index contributed by atoms with van der Waals surface area (Å²) in [4.78, 5) is 4.54. The van der Waals surface area contributed by atoms with Crippen LogP contribution in [-0.2, 0) is 19.6 Å². The Labute approximate surface area is 106 Å². The molecule has 1 aliphatic heterocycles. The summed E-state index contributed by atoms with van der Waals surface area (Å²) >= 11 is 0. The first-order chi connectivity index (χ1) is 9.10. The third kappa shape index (κ3) is 1.88. The second-order valence-corrected chi connectivity index (χ2v) is 4.11. The van der Waals surface area contributed by atoms with E-state index in [0.29, 0.717) is 31.2 Å². The summed E-state index contributed by atoms with van der Waals surface area (Å²) < 4.78 is 26.6. The van der Waals surface area contributed by atoms with Crippen LogP contribution in [0.15, 0.2) is 0 Å². The van der Waals surface area contributed by atoms with E-state index < -0.39 is 6.55 Å². The summed E-state index contributed by atoms with van der Waals surface area (Å²) in [5.74, 6) is 0.452. The van der Waals surface area contributed by atoms with E-state index in [-0.39, 0.29) is 10.6 Å². The van der Waals surface area contributed by atoms with E-state index in [0.717, 1.165) is 10.8 Å². The molecule has 2 aromatic heterocycles. The molecule has 3 heterocycles. The number of nitrogens with zero attached hydrogens (tertiary/aromatic N) is 7. The van der Waals surface area contributed by atoms with Crippen molar-refractivity contribution in [1.29, 1.82) is 0 Å². The molecule has 0 aliphatic carbocycles. The van der Waals surface area contributed by atoms with Crippen LogP contribution in [0.2, 0.25) is 0 Å². The molecule has 10 heteroatoms. The van der Waals surface area contributed by atoms with Crippen LogP contribution in [0.1, 0.15) is 24.9 Å². The molecule has 1 N–H and O–H groups in total. The smallest absolute Gasteiger partial charge is 0.324 e. The molecule has 0 radical (unpaired) electrons. The van der Waals surface area contributed by atoms with E-state index in [9.17, 15) is 14.0 Å². The fraction of sp³-hybridized carbons (Fsp3) is 0.556. The van der Waals surface area contributed by atoms with Gasteiger partial charge in [-0.15, -0.1) is 10.2 Å². The Hall–Kier alpha value is -1.94. The van der Waals surface area contributed by atoms with E-state index >= 15 is 0 Å². The average molecular weight is 271 g/mol. The van der Waals surface area contributed by atoms with Gasteiger partial charge in [0, 0.05) is 6.54 Å². The van der Waals surface area contributed by atoms with Crippen LogP contribution in [0.5, 0.6) is 0 Å². The van der Waals surface area contributed by atoms with Crippen molar-refractivity contribution in [2.24, 2.45) is 0 Å². The number of hydrogen-bond donors (Lipinski definition) is 1. The fourth-order valence-electron chi connectivity index (χ4n) is 2.15. The second-order valence-electron chi connectivity index (χ2n) is 4.11. The molecule has 0 saturated carbocycles. The fourth-order valence-corrected chi connectivity index (χ4v) is 2.15. The molecule has 102 valence electrons.